The fourth-order valence-corrected chi connectivity index (χ4v) is 4.17. The maximum absolute atomic E-state index is 12.2. The zero-order valence-corrected chi connectivity index (χ0v) is 16.9. The van der Waals surface area contributed by atoms with E-state index in [0.29, 0.717) is 18.3 Å². The van der Waals surface area contributed by atoms with Crippen LogP contribution >= 0.6 is 0 Å². The van der Waals surface area contributed by atoms with Gasteiger partial charge in [0.05, 0.1) is 6.54 Å². The summed E-state index contributed by atoms with van der Waals surface area (Å²) in [4.78, 5) is 2.39. The zero-order valence-electron chi connectivity index (χ0n) is 16.0. The lowest BCUT2D eigenvalue weighted by Crippen LogP contribution is -2.32. The molecule has 1 atom stereocenters. The Kier molecular flexibility index (Phi) is 6.52. The molecule has 1 aliphatic rings. The van der Waals surface area contributed by atoms with Gasteiger partial charge in [0, 0.05) is 20.1 Å². The fourth-order valence-electron chi connectivity index (χ4n) is 3.36. The molecule has 1 aliphatic heterocycles. The van der Waals surface area contributed by atoms with Crippen LogP contribution in [0.3, 0.4) is 0 Å². The van der Waals surface area contributed by atoms with E-state index in [2.05, 4.69) is 29.2 Å². The first-order chi connectivity index (χ1) is 13.0. The van der Waals surface area contributed by atoms with Crippen LogP contribution in [0.1, 0.15) is 37.0 Å². The predicted octanol–water partition coefficient (Wildman–Crippen LogP) is 3.99. The summed E-state index contributed by atoms with van der Waals surface area (Å²) in [6.07, 6.45) is 9.13. The van der Waals surface area contributed by atoms with Crippen molar-refractivity contribution in [3.05, 3.63) is 59.9 Å². The van der Waals surface area contributed by atoms with Crippen LogP contribution in [0.4, 0.5) is 0 Å². The van der Waals surface area contributed by atoms with E-state index in [1.54, 1.807) is 12.1 Å². The molecule has 3 rings (SSSR count). The minimum Gasteiger partial charge on any atom is -0.447 e. The van der Waals surface area contributed by atoms with Gasteiger partial charge in [0.2, 0.25) is 5.09 Å². The van der Waals surface area contributed by atoms with Gasteiger partial charge in [-0.1, -0.05) is 55.3 Å². The predicted molar refractivity (Wildman–Crippen MR) is 108 cm³/mol. The van der Waals surface area contributed by atoms with E-state index in [4.69, 9.17) is 4.42 Å². The van der Waals surface area contributed by atoms with E-state index in [-0.39, 0.29) is 5.09 Å². The first kappa shape index (κ1) is 19.9. The van der Waals surface area contributed by atoms with E-state index in [0.717, 1.165) is 19.4 Å². The van der Waals surface area contributed by atoms with Crippen LogP contribution in [0, 0.1) is 0 Å². The summed E-state index contributed by atoms with van der Waals surface area (Å²) in [5.41, 5.74) is 1.19. The van der Waals surface area contributed by atoms with Gasteiger partial charge in [0.25, 0.3) is 10.0 Å². The SMILES string of the molecule is CN(C)S(=O)(=O)c1ccc(CN2CCCCCC2/C=C/c2ccccc2)o1. The normalized spacial score (nSPS) is 19.6. The molecule has 0 spiro atoms. The third-order valence-electron chi connectivity index (χ3n) is 4.96. The van der Waals surface area contributed by atoms with Crippen molar-refractivity contribution in [2.24, 2.45) is 0 Å². The molecule has 0 bridgehead atoms. The summed E-state index contributed by atoms with van der Waals surface area (Å²) in [7, 11) is -0.508. The van der Waals surface area contributed by atoms with Crippen LogP contribution in [-0.2, 0) is 16.6 Å². The Morgan fingerprint density at radius 3 is 2.63 bits per heavy atom. The highest BCUT2D eigenvalue weighted by Gasteiger charge is 2.24. The molecule has 5 nitrogen and oxygen atoms in total. The fraction of sp³-hybridized carbons (Fsp3) is 0.429. The Morgan fingerprint density at radius 1 is 1.11 bits per heavy atom. The number of likely N-dealkylation sites (tertiary alicyclic amines) is 1. The molecule has 0 aliphatic carbocycles. The Morgan fingerprint density at radius 2 is 1.89 bits per heavy atom. The molecule has 0 radical (unpaired) electrons. The summed E-state index contributed by atoms with van der Waals surface area (Å²) in [5, 5.41) is 0.00806. The molecule has 0 N–H and O–H groups in total. The third kappa shape index (κ3) is 5.09. The monoisotopic (exact) mass is 388 g/mol. The van der Waals surface area contributed by atoms with Gasteiger partial charge in [-0.3, -0.25) is 4.90 Å². The van der Waals surface area contributed by atoms with Crippen LogP contribution in [0.2, 0.25) is 0 Å². The van der Waals surface area contributed by atoms with Gasteiger partial charge in [-0.25, -0.2) is 12.7 Å². The highest BCUT2D eigenvalue weighted by atomic mass is 32.2. The van der Waals surface area contributed by atoms with Crippen molar-refractivity contribution in [2.75, 3.05) is 20.6 Å². The minimum atomic E-state index is -3.53. The van der Waals surface area contributed by atoms with Crippen LogP contribution in [0.25, 0.3) is 6.08 Å². The number of hydrogen-bond donors (Lipinski definition) is 0. The second-order valence-corrected chi connectivity index (χ2v) is 9.25. The van der Waals surface area contributed by atoms with Crippen molar-refractivity contribution in [3.8, 4) is 0 Å². The minimum absolute atomic E-state index is 0.00806. The number of sulfonamides is 1. The molecule has 1 aromatic carbocycles. The Hall–Kier alpha value is -1.89. The summed E-state index contributed by atoms with van der Waals surface area (Å²) >= 11 is 0. The van der Waals surface area contributed by atoms with Gasteiger partial charge in [0.1, 0.15) is 5.76 Å². The van der Waals surface area contributed by atoms with E-state index in [1.807, 2.05) is 18.2 Å². The lowest BCUT2D eigenvalue weighted by Gasteiger charge is -2.26. The number of rotatable bonds is 6. The van der Waals surface area contributed by atoms with Gasteiger partial charge in [-0.15, -0.1) is 0 Å². The van der Waals surface area contributed by atoms with Crippen LogP contribution in [0.15, 0.2) is 58.1 Å². The Balaban J connectivity index is 1.75. The molecule has 0 saturated carbocycles. The maximum Gasteiger partial charge on any atom is 0.275 e. The van der Waals surface area contributed by atoms with Gasteiger partial charge in [-0.05, 0) is 37.1 Å². The highest BCUT2D eigenvalue weighted by molar-refractivity contribution is 7.88. The Labute approximate surface area is 162 Å². The van der Waals surface area contributed by atoms with Gasteiger partial charge >= 0.3 is 0 Å². The molecule has 1 unspecified atom stereocenters. The van der Waals surface area contributed by atoms with Gasteiger partial charge < -0.3 is 4.42 Å². The zero-order chi connectivity index (χ0) is 19.3. The van der Waals surface area contributed by atoms with E-state index in [1.165, 1.54) is 36.8 Å². The first-order valence-electron chi connectivity index (χ1n) is 9.45. The summed E-state index contributed by atoms with van der Waals surface area (Å²) in [5.74, 6) is 0.690. The second-order valence-electron chi connectivity index (χ2n) is 7.17. The Bertz CT molecular complexity index is 857. The number of nitrogens with zero attached hydrogens (tertiary/aromatic N) is 2. The molecule has 1 fully saturated rings. The smallest absolute Gasteiger partial charge is 0.275 e. The largest absolute Gasteiger partial charge is 0.447 e. The molecular formula is C21H28N2O3S. The average molecular weight is 389 g/mol. The van der Waals surface area contributed by atoms with Crippen molar-refractivity contribution >= 4 is 16.1 Å². The average Bonchev–Trinajstić information content (AvgIpc) is 3.02. The first-order valence-corrected chi connectivity index (χ1v) is 10.9. The van der Waals surface area contributed by atoms with Crippen LogP contribution in [0.5, 0.6) is 0 Å². The quantitative estimate of drug-likeness (QED) is 0.751. The molecule has 146 valence electrons. The second kappa shape index (κ2) is 8.87. The van der Waals surface area contributed by atoms with Crippen LogP contribution < -0.4 is 0 Å². The standard InChI is InChI=1S/C21H28N2O3S/c1-22(2)27(24,25)21-15-14-20(26-21)17-23-16-8-4-7-11-19(23)13-12-18-9-5-3-6-10-18/h3,5-6,9-10,12-15,19H,4,7-8,11,16-17H2,1-2H3/b13-12+. The molecule has 2 aromatic rings. The van der Waals surface area contributed by atoms with Crippen molar-refractivity contribution in [2.45, 2.75) is 43.4 Å². The lowest BCUT2D eigenvalue weighted by atomic mass is 10.1. The summed E-state index contributed by atoms with van der Waals surface area (Å²) < 4.78 is 31.3. The van der Waals surface area contributed by atoms with Crippen molar-refractivity contribution in [1.82, 2.24) is 9.21 Å². The maximum atomic E-state index is 12.2. The molecule has 27 heavy (non-hydrogen) atoms. The number of benzene rings is 1. The molecule has 1 saturated heterocycles. The van der Waals surface area contributed by atoms with Crippen molar-refractivity contribution in [1.29, 1.82) is 0 Å². The molecule has 6 heteroatoms. The molecule has 0 amide bonds. The topological polar surface area (TPSA) is 53.8 Å². The lowest BCUT2D eigenvalue weighted by molar-refractivity contribution is 0.203. The highest BCUT2D eigenvalue weighted by Crippen LogP contribution is 2.23. The summed E-state index contributed by atoms with van der Waals surface area (Å²) in [6, 6.07) is 14.0. The van der Waals surface area contributed by atoms with Gasteiger partial charge in [-0.2, -0.15) is 0 Å². The van der Waals surface area contributed by atoms with Crippen LogP contribution in [-0.4, -0.2) is 44.3 Å². The summed E-state index contributed by atoms with van der Waals surface area (Å²) in [6.45, 7) is 1.60. The van der Waals surface area contributed by atoms with E-state index >= 15 is 0 Å². The molecule has 2 heterocycles. The van der Waals surface area contributed by atoms with Crippen molar-refractivity contribution in [3.63, 3.8) is 0 Å². The third-order valence-corrected chi connectivity index (χ3v) is 6.64. The molecule has 1 aromatic heterocycles. The number of hydrogen-bond acceptors (Lipinski definition) is 4. The number of furan rings is 1. The van der Waals surface area contributed by atoms with E-state index < -0.39 is 10.0 Å². The van der Waals surface area contributed by atoms with Gasteiger partial charge in [0.15, 0.2) is 0 Å². The van der Waals surface area contributed by atoms with Crippen molar-refractivity contribution < 1.29 is 12.8 Å². The van der Waals surface area contributed by atoms with E-state index in [9.17, 15) is 8.42 Å². The molecular weight excluding hydrogens is 360 g/mol.